The SMILES string of the molecule is COc1ccc(-c2nc(CS(=O)(=O)c3cccc(Cl)c3)nc3ccsc23)cc1. The van der Waals surface area contributed by atoms with Gasteiger partial charge in [0.2, 0.25) is 0 Å². The van der Waals surface area contributed by atoms with E-state index in [2.05, 4.69) is 9.97 Å². The number of nitrogens with zero attached hydrogens (tertiary/aromatic N) is 2. The van der Waals surface area contributed by atoms with E-state index in [9.17, 15) is 8.42 Å². The molecule has 2 heterocycles. The highest BCUT2D eigenvalue weighted by molar-refractivity contribution is 7.90. The molecular weight excluding hydrogens is 416 g/mol. The summed E-state index contributed by atoms with van der Waals surface area (Å²) in [6.45, 7) is 0. The van der Waals surface area contributed by atoms with E-state index in [1.165, 1.54) is 23.5 Å². The van der Waals surface area contributed by atoms with Gasteiger partial charge in [-0.15, -0.1) is 11.3 Å². The quantitative estimate of drug-likeness (QED) is 0.446. The van der Waals surface area contributed by atoms with Gasteiger partial charge in [0.25, 0.3) is 0 Å². The predicted molar refractivity (Wildman–Crippen MR) is 112 cm³/mol. The average Bonchev–Trinajstić information content (AvgIpc) is 3.16. The third kappa shape index (κ3) is 3.73. The fourth-order valence-electron chi connectivity index (χ4n) is 2.83. The first kappa shape index (κ1) is 18.9. The van der Waals surface area contributed by atoms with Crippen LogP contribution in [0.25, 0.3) is 21.5 Å². The third-order valence-corrected chi connectivity index (χ3v) is 6.94. The molecule has 0 saturated heterocycles. The summed E-state index contributed by atoms with van der Waals surface area (Å²) >= 11 is 7.46. The molecule has 0 aliphatic rings. The number of hydrogen-bond donors (Lipinski definition) is 0. The van der Waals surface area contributed by atoms with E-state index in [4.69, 9.17) is 16.3 Å². The molecule has 0 unspecified atom stereocenters. The summed E-state index contributed by atoms with van der Waals surface area (Å²) in [6, 6.07) is 15.6. The molecule has 0 saturated carbocycles. The molecule has 2 aromatic carbocycles. The Morgan fingerprint density at radius 3 is 2.57 bits per heavy atom. The van der Waals surface area contributed by atoms with E-state index in [1.807, 2.05) is 35.7 Å². The first-order valence-corrected chi connectivity index (χ1v) is 11.2. The van der Waals surface area contributed by atoms with Crippen LogP contribution in [0.5, 0.6) is 5.75 Å². The van der Waals surface area contributed by atoms with Crippen molar-refractivity contribution in [2.45, 2.75) is 10.6 Å². The smallest absolute Gasteiger partial charge is 0.185 e. The van der Waals surface area contributed by atoms with Gasteiger partial charge in [-0.3, -0.25) is 0 Å². The second-order valence-electron chi connectivity index (χ2n) is 6.07. The number of rotatable bonds is 5. The lowest BCUT2D eigenvalue weighted by molar-refractivity contribution is 0.415. The molecular formula is C20H15ClN2O3S2. The van der Waals surface area contributed by atoms with Crippen LogP contribution in [0, 0.1) is 0 Å². The first-order chi connectivity index (χ1) is 13.5. The van der Waals surface area contributed by atoms with E-state index in [1.54, 1.807) is 19.2 Å². The standard InChI is InChI=1S/C20H15ClN2O3S2/c1-26-15-7-5-13(6-8-15)19-20-17(9-10-27-20)22-18(23-19)12-28(24,25)16-4-2-3-14(21)11-16/h2-11H,12H2,1H3. The summed E-state index contributed by atoms with van der Waals surface area (Å²) in [4.78, 5) is 9.18. The molecule has 142 valence electrons. The molecule has 0 spiro atoms. The highest BCUT2D eigenvalue weighted by Crippen LogP contribution is 2.32. The maximum atomic E-state index is 12.8. The number of thiophene rings is 1. The van der Waals surface area contributed by atoms with E-state index in [0.29, 0.717) is 10.7 Å². The fourth-order valence-corrected chi connectivity index (χ4v) is 5.16. The van der Waals surface area contributed by atoms with Gasteiger partial charge in [0.05, 0.1) is 27.9 Å². The Morgan fingerprint density at radius 2 is 1.86 bits per heavy atom. The number of fused-ring (bicyclic) bond motifs is 1. The van der Waals surface area contributed by atoms with Crippen molar-refractivity contribution in [3.63, 3.8) is 0 Å². The summed E-state index contributed by atoms with van der Waals surface area (Å²) < 4.78 is 31.7. The van der Waals surface area contributed by atoms with Gasteiger partial charge >= 0.3 is 0 Å². The maximum Gasteiger partial charge on any atom is 0.185 e. The molecule has 0 radical (unpaired) electrons. The number of aromatic nitrogens is 2. The third-order valence-electron chi connectivity index (χ3n) is 4.19. The van der Waals surface area contributed by atoms with Crippen LogP contribution in [0.15, 0.2) is 64.9 Å². The van der Waals surface area contributed by atoms with Gasteiger partial charge in [-0.1, -0.05) is 17.7 Å². The summed E-state index contributed by atoms with van der Waals surface area (Å²) in [5.74, 6) is 0.683. The van der Waals surface area contributed by atoms with Crippen LogP contribution in [0.2, 0.25) is 5.02 Å². The first-order valence-electron chi connectivity index (χ1n) is 8.33. The minimum Gasteiger partial charge on any atom is -0.497 e. The van der Waals surface area contributed by atoms with Gasteiger partial charge in [0.1, 0.15) is 17.3 Å². The molecule has 5 nitrogen and oxygen atoms in total. The summed E-state index contributed by atoms with van der Waals surface area (Å²) in [5, 5.41) is 2.29. The number of ether oxygens (including phenoxy) is 1. The van der Waals surface area contributed by atoms with Crippen LogP contribution in [0.3, 0.4) is 0 Å². The van der Waals surface area contributed by atoms with Crippen molar-refractivity contribution >= 4 is 43.0 Å². The van der Waals surface area contributed by atoms with Crippen molar-refractivity contribution in [2.24, 2.45) is 0 Å². The summed E-state index contributed by atoms with van der Waals surface area (Å²) in [6.07, 6.45) is 0. The van der Waals surface area contributed by atoms with Crippen LogP contribution in [-0.4, -0.2) is 25.5 Å². The number of methoxy groups -OCH3 is 1. The highest BCUT2D eigenvalue weighted by Gasteiger charge is 2.20. The number of sulfone groups is 1. The molecule has 4 rings (SSSR count). The zero-order chi connectivity index (χ0) is 19.7. The molecule has 28 heavy (non-hydrogen) atoms. The monoisotopic (exact) mass is 430 g/mol. The van der Waals surface area contributed by atoms with Crippen LogP contribution in [0.4, 0.5) is 0 Å². The van der Waals surface area contributed by atoms with Gasteiger partial charge in [-0.2, -0.15) is 0 Å². The molecule has 0 aliphatic heterocycles. The Hall–Kier alpha value is -2.48. The van der Waals surface area contributed by atoms with Crippen LogP contribution >= 0.6 is 22.9 Å². The van der Waals surface area contributed by atoms with Crippen molar-refractivity contribution in [3.05, 3.63) is 70.8 Å². The minimum absolute atomic E-state index is 0.153. The van der Waals surface area contributed by atoms with Crippen molar-refractivity contribution in [1.29, 1.82) is 0 Å². The lowest BCUT2D eigenvalue weighted by atomic mass is 10.1. The normalized spacial score (nSPS) is 11.6. The predicted octanol–water partition coefficient (Wildman–Crippen LogP) is 4.99. The Labute approximate surface area is 171 Å². The number of halogens is 1. The largest absolute Gasteiger partial charge is 0.497 e. The van der Waals surface area contributed by atoms with Crippen molar-refractivity contribution < 1.29 is 13.2 Å². The van der Waals surface area contributed by atoms with Gasteiger partial charge < -0.3 is 4.74 Å². The summed E-state index contributed by atoms with van der Waals surface area (Å²) in [5.41, 5.74) is 2.30. The Kier molecular flexibility index (Phi) is 5.05. The number of benzene rings is 2. The van der Waals surface area contributed by atoms with E-state index in [-0.39, 0.29) is 16.5 Å². The van der Waals surface area contributed by atoms with E-state index >= 15 is 0 Å². The summed E-state index contributed by atoms with van der Waals surface area (Å²) in [7, 11) is -2.02. The zero-order valence-electron chi connectivity index (χ0n) is 14.8. The van der Waals surface area contributed by atoms with Crippen LogP contribution < -0.4 is 4.74 Å². The molecule has 0 fully saturated rings. The Balaban J connectivity index is 1.78. The van der Waals surface area contributed by atoms with Gasteiger partial charge in [-0.25, -0.2) is 18.4 Å². The van der Waals surface area contributed by atoms with Gasteiger partial charge in [0.15, 0.2) is 9.84 Å². The average molecular weight is 431 g/mol. The lowest BCUT2D eigenvalue weighted by Crippen LogP contribution is -2.08. The van der Waals surface area contributed by atoms with E-state index in [0.717, 1.165) is 21.5 Å². The van der Waals surface area contributed by atoms with E-state index < -0.39 is 9.84 Å². The molecule has 0 bridgehead atoms. The topological polar surface area (TPSA) is 69.2 Å². The molecule has 0 N–H and O–H groups in total. The van der Waals surface area contributed by atoms with Gasteiger partial charge in [0, 0.05) is 10.6 Å². The Bertz CT molecular complexity index is 1250. The molecule has 2 aromatic heterocycles. The van der Waals surface area contributed by atoms with Crippen molar-refractivity contribution in [3.8, 4) is 17.0 Å². The molecule has 4 aromatic rings. The Morgan fingerprint density at radius 1 is 1.07 bits per heavy atom. The van der Waals surface area contributed by atoms with Crippen LogP contribution in [-0.2, 0) is 15.6 Å². The highest BCUT2D eigenvalue weighted by atomic mass is 35.5. The second-order valence-corrected chi connectivity index (χ2v) is 9.41. The second kappa shape index (κ2) is 7.50. The van der Waals surface area contributed by atoms with Crippen molar-refractivity contribution in [2.75, 3.05) is 7.11 Å². The number of hydrogen-bond acceptors (Lipinski definition) is 6. The zero-order valence-corrected chi connectivity index (χ0v) is 17.2. The molecule has 0 amide bonds. The molecule has 8 heteroatoms. The van der Waals surface area contributed by atoms with Crippen LogP contribution in [0.1, 0.15) is 5.82 Å². The maximum absolute atomic E-state index is 12.8. The van der Waals surface area contributed by atoms with Crippen molar-refractivity contribution in [1.82, 2.24) is 9.97 Å². The van der Waals surface area contributed by atoms with Gasteiger partial charge in [-0.05, 0) is 53.9 Å². The molecule has 0 aliphatic carbocycles. The fraction of sp³-hybridized carbons (Fsp3) is 0.100. The molecule has 0 atom stereocenters. The lowest BCUT2D eigenvalue weighted by Gasteiger charge is -2.08. The minimum atomic E-state index is -3.62.